The van der Waals surface area contributed by atoms with Crippen molar-refractivity contribution in [1.29, 1.82) is 0 Å². The van der Waals surface area contributed by atoms with E-state index in [-0.39, 0.29) is 0 Å². The number of carbonyl (C=O) groups excluding carboxylic acids is 3. The highest BCUT2D eigenvalue weighted by Crippen LogP contribution is 2.46. The molecule has 0 saturated heterocycles. The van der Waals surface area contributed by atoms with Gasteiger partial charge in [-0.1, -0.05) is 60.7 Å². The number of primary amides is 1. The summed E-state index contributed by atoms with van der Waals surface area (Å²) in [5.41, 5.74) is 5.36. The Kier molecular flexibility index (Phi) is 4.16. The number of nitrogens with two attached hydrogens (primary N) is 1. The van der Waals surface area contributed by atoms with Gasteiger partial charge >= 0.3 is 11.9 Å². The Morgan fingerprint density at radius 2 is 1.33 bits per heavy atom. The summed E-state index contributed by atoms with van der Waals surface area (Å²) in [5.74, 6) is -3.03. The maximum absolute atomic E-state index is 12.7. The zero-order chi connectivity index (χ0) is 17.2. The molecule has 1 amide bonds. The van der Waals surface area contributed by atoms with Crippen molar-refractivity contribution >= 4 is 17.8 Å². The first-order valence-electron chi connectivity index (χ1n) is 7.70. The predicted octanol–water partition coefficient (Wildman–Crippen LogP) is 2.15. The number of hydrogen-bond acceptors (Lipinski definition) is 4. The van der Waals surface area contributed by atoms with Gasteiger partial charge in [0.25, 0.3) is 0 Å². The number of esters is 2. The van der Waals surface area contributed by atoms with Gasteiger partial charge in [-0.15, -0.1) is 0 Å². The fourth-order valence-corrected chi connectivity index (χ4v) is 2.68. The molecular formula is C19H17NO4. The van der Waals surface area contributed by atoms with Gasteiger partial charge in [-0.3, -0.25) is 14.4 Å². The Morgan fingerprint density at radius 1 is 0.875 bits per heavy atom. The van der Waals surface area contributed by atoms with Gasteiger partial charge in [-0.2, -0.15) is 0 Å². The number of amides is 1. The van der Waals surface area contributed by atoms with E-state index < -0.39 is 29.2 Å². The highest BCUT2D eigenvalue weighted by molar-refractivity contribution is 6.08. The van der Waals surface area contributed by atoms with Crippen molar-refractivity contribution in [3.8, 4) is 0 Å². The lowest BCUT2D eigenvalue weighted by molar-refractivity contribution is -0.165. The van der Waals surface area contributed by atoms with Crippen LogP contribution < -0.4 is 5.73 Å². The summed E-state index contributed by atoms with van der Waals surface area (Å²) in [6.45, 7) is 0. The van der Waals surface area contributed by atoms with Gasteiger partial charge in [0.2, 0.25) is 5.91 Å². The lowest BCUT2D eigenvalue weighted by Crippen LogP contribution is -2.35. The number of carbonyl (C=O) groups is 3. The third kappa shape index (κ3) is 2.93. The van der Waals surface area contributed by atoms with E-state index in [9.17, 15) is 14.4 Å². The number of rotatable bonds is 5. The minimum Gasteiger partial charge on any atom is -0.392 e. The quantitative estimate of drug-likeness (QED) is 0.675. The van der Waals surface area contributed by atoms with E-state index in [1.165, 1.54) is 0 Å². The van der Waals surface area contributed by atoms with Gasteiger partial charge in [0.15, 0.2) is 0 Å². The molecule has 0 radical (unpaired) electrons. The molecule has 0 spiro atoms. The second-order valence-corrected chi connectivity index (χ2v) is 5.91. The maximum atomic E-state index is 12.7. The van der Waals surface area contributed by atoms with E-state index in [2.05, 4.69) is 0 Å². The molecule has 5 nitrogen and oxygen atoms in total. The standard InChI is InChI=1S/C19H17NO4/c20-17(22)19(11-12-19)18(23)24-16(21)15(13-7-3-1-4-8-13)14-9-5-2-6-10-14/h1-10,15H,11-12H2,(H2,20,22). The van der Waals surface area contributed by atoms with Crippen LogP contribution in [0.2, 0.25) is 0 Å². The molecule has 0 bridgehead atoms. The van der Waals surface area contributed by atoms with Gasteiger partial charge in [0.1, 0.15) is 11.3 Å². The van der Waals surface area contributed by atoms with Crippen LogP contribution in [0.3, 0.4) is 0 Å². The van der Waals surface area contributed by atoms with Crippen LogP contribution >= 0.6 is 0 Å². The monoisotopic (exact) mass is 323 g/mol. The van der Waals surface area contributed by atoms with Crippen molar-refractivity contribution in [2.75, 3.05) is 0 Å². The first kappa shape index (κ1) is 15.9. The van der Waals surface area contributed by atoms with Crippen LogP contribution in [0, 0.1) is 5.41 Å². The van der Waals surface area contributed by atoms with Crippen LogP contribution in [-0.4, -0.2) is 17.8 Å². The fraction of sp³-hybridized carbons (Fsp3) is 0.211. The molecule has 2 N–H and O–H groups in total. The summed E-state index contributed by atoms with van der Waals surface area (Å²) in [4.78, 5) is 36.3. The van der Waals surface area contributed by atoms with Crippen molar-refractivity contribution in [2.24, 2.45) is 11.1 Å². The molecule has 1 saturated carbocycles. The van der Waals surface area contributed by atoms with E-state index in [4.69, 9.17) is 10.5 Å². The fourth-order valence-electron chi connectivity index (χ4n) is 2.68. The molecule has 1 aliphatic rings. The molecule has 0 aromatic heterocycles. The third-order valence-corrected chi connectivity index (χ3v) is 4.31. The molecule has 2 aromatic carbocycles. The summed E-state index contributed by atoms with van der Waals surface area (Å²) < 4.78 is 5.03. The first-order chi connectivity index (χ1) is 11.5. The molecule has 1 aliphatic carbocycles. The molecule has 1 fully saturated rings. The predicted molar refractivity (Wildman–Crippen MR) is 86.7 cm³/mol. The summed E-state index contributed by atoms with van der Waals surface area (Å²) in [6, 6.07) is 18.1. The normalized spacial score (nSPS) is 14.9. The summed E-state index contributed by atoms with van der Waals surface area (Å²) in [7, 11) is 0. The summed E-state index contributed by atoms with van der Waals surface area (Å²) >= 11 is 0. The lowest BCUT2D eigenvalue weighted by Gasteiger charge is -2.17. The van der Waals surface area contributed by atoms with Crippen molar-refractivity contribution in [3.63, 3.8) is 0 Å². The average Bonchev–Trinajstić information content (AvgIpc) is 3.39. The highest BCUT2D eigenvalue weighted by Gasteiger charge is 2.57. The molecule has 0 aliphatic heterocycles. The third-order valence-electron chi connectivity index (χ3n) is 4.31. The van der Waals surface area contributed by atoms with Gasteiger partial charge < -0.3 is 10.5 Å². The lowest BCUT2D eigenvalue weighted by atomic mass is 9.91. The molecule has 0 atom stereocenters. The SMILES string of the molecule is NC(=O)C1(C(=O)OC(=O)C(c2ccccc2)c2ccccc2)CC1. The van der Waals surface area contributed by atoms with E-state index in [0.29, 0.717) is 24.0 Å². The van der Waals surface area contributed by atoms with Crippen LogP contribution in [0.1, 0.15) is 29.9 Å². The molecule has 122 valence electrons. The van der Waals surface area contributed by atoms with E-state index in [0.717, 1.165) is 0 Å². The van der Waals surface area contributed by atoms with E-state index >= 15 is 0 Å². The second kappa shape index (κ2) is 6.28. The Bertz CT molecular complexity index is 727. The number of hydrogen-bond donors (Lipinski definition) is 1. The minimum absolute atomic E-state index is 0.329. The van der Waals surface area contributed by atoms with Gasteiger partial charge in [0.05, 0.1) is 0 Å². The van der Waals surface area contributed by atoms with Crippen LogP contribution in [0.4, 0.5) is 0 Å². The van der Waals surface area contributed by atoms with Crippen LogP contribution in [-0.2, 0) is 19.1 Å². The maximum Gasteiger partial charge on any atom is 0.329 e. The highest BCUT2D eigenvalue weighted by atomic mass is 16.6. The van der Waals surface area contributed by atoms with E-state index in [1.54, 1.807) is 24.3 Å². The smallest absolute Gasteiger partial charge is 0.329 e. The van der Waals surface area contributed by atoms with E-state index in [1.807, 2.05) is 36.4 Å². The van der Waals surface area contributed by atoms with Crippen molar-refractivity contribution < 1.29 is 19.1 Å². The second-order valence-electron chi connectivity index (χ2n) is 5.91. The Labute approximate surface area is 139 Å². The van der Waals surface area contributed by atoms with Gasteiger partial charge in [0, 0.05) is 0 Å². The molecule has 3 rings (SSSR count). The van der Waals surface area contributed by atoms with Gasteiger partial charge in [-0.25, -0.2) is 0 Å². The zero-order valence-corrected chi connectivity index (χ0v) is 13.0. The average molecular weight is 323 g/mol. The van der Waals surface area contributed by atoms with Crippen LogP contribution in [0.25, 0.3) is 0 Å². The topological polar surface area (TPSA) is 86.5 Å². The number of benzene rings is 2. The molecule has 2 aromatic rings. The van der Waals surface area contributed by atoms with Crippen LogP contribution in [0.5, 0.6) is 0 Å². The largest absolute Gasteiger partial charge is 0.392 e. The molecule has 24 heavy (non-hydrogen) atoms. The van der Waals surface area contributed by atoms with Crippen molar-refractivity contribution in [1.82, 2.24) is 0 Å². The van der Waals surface area contributed by atoms with Crippen molar-refractivity contribution in [2.45, 2.75) is 18.8 Å². The molecule has 5 heteroatoms. The Balaban J connectivity index is 1.88. The van der Waals surface area contributed by atoms with Crippen LogP contribution in [0.15, 0.2) is 60.7 Å². The zero-order valence-electron chi connectivity index (χ0n) is 13.0. The molecule has 0 heterocycles. The molecular weight excluding hydrogens is 306 g/mol. The van der Waals surface area contributed by atoms with Crippen molar-refractivity contribution in [3.05, 3.63) is 71.8 Å². The first-order valence-corrected chi connectivity index (χ1v) is 7.70. The summed E-state index contributed by atoms with van der Waals surface area (Å²) in [6.07, 6.45) is 0.658. The Morgan fingerprint density at radius 3 is 1.71 bits per heavy atom. The van der Waals surface area contributed by atoms with Gasteiger partial charge in [-0.05, 0) is 24.0 Å². The minimum atomic E-state index is -1.33. The summed E-state index contributed by atoms with van der Waals surface area (Å²) in [5, 5.41) is 0. The number of ether oxygens (including phenoxy) is 1. The Hall–Kier alpha value is -2.95. The molecule has 0 unspecified atom stereocenters.